The molecule has 21 heavy (non-hydrogen) atoms. The monoisotopic (exact) mass is 341 g/mol. The molecule has 106 valence electrons. The lowest BCUT2D eigenvalue weighted by molar-refractivity contribution is 1.10. The van der Waals surface area contributed by atoms with Crippen molar-refractivity contribution in [2.24, 2.45) is 0 Å². The second-order valence-electron chi connectivity index (χ2n) is 5.19. The van der Waals surface area contributed by atoms with E-state index < -0.39 is 0 Å². The third-order valence-corrected chi connectivity index (χ3v) is 4.42. The number of anilines is 1. The van der Waals surface area contributed by atoms with Gasteiger partial charge in [0.05, 0.1) is 11.3 Å². The molecule has 2 aromatic carbocycles. The zero-order chi connectivity index (χ0) is 15.0. The van der Waals surface area contributed by atoms with E-state index in [0.717, 1.165) is 26.9 Å². The minimum absolute atomic E-state index is 0.521. The van der Waals surface area contributed by atoms with Crippen LogP contribution in [-0.2, 0) is 0 Å². The molecule has 0 atom stereocenters. The van der Waals surface area contributed by atoms with Crippen molar-refractivity contribution in [1.82, 2.24) is 10.2 Å². The lowest BCUT2D eigenvalue weighted by atomic mass is 9.99. The maximum atomic E-state index is 6.07. The minimum atomic E-state index is 0.521. The fourth-order valence-corrected chi connectivity index (χ4v) is 2.78. The number of nitrogens with one attached hydrogen (secondary N) is 1. The molecule has 3 aromatic rings. The Bertz CT molecular complexity index is 806. The number of hydrogen-bond acceptors (Lipinski definition) is 2. The molecule has 1 aromatic heterocycles. The zero-order valence-corrected chi connectivity index (χ0v) is 13.5. The summed E-state index contributed by atoms with van der Waals surface area (Å²) in [6.07, 6.45) is 0. The van der Waals surface area contributed by atoms with Crippen LogP contribution in [0.3, 0.4) is 0 Å². The number of hydrogen-bond donors (Lipinski definition) is 2. The normalized spacial score (nSPS) is 10.8. The number of aromatic amines is 1. The highest BCUT2D eigenvalue weighted by Crippen LogP contribution is 2.36. The highest BCUT2D eigenvalue weighted by Gasteiger charge is 2.15. The van der Waals surface area contributed by atoms with Gasteiger partial charge >= 0.3 is 0 Å². The van der Waals surface area contributed by atoms with E-state index in [1.807, 2.05) is 6.07 Å². The van der Waals surface area contributed by atoms with Gasteiger partial charge in [-0.05, 0) is 31.0 Å². The van der Waals surface area contributed by atoms with Crippen molar-refractivity contribution >= 4 is 21.7 Å². The van der Waals surface area contributed by atoms with Crippen LogP contribution in [0.15, 0.2) is 46.9 Å². The minimum Gasteiger partial charge on any atom is -0.382 e. The van der Waals surface area contributed by atoms with Crippen molar-refractivity contribution in [3.63, 3.8) is 0 Å². The number of nitrogens with two attached hydrogens (primary N) is 1. The molecule has 0 aliphatic heterocycles. The maximum absolute atomic E-state index is 6.07. The number of nitrogens with zero attached hydrogens (tertiary/aromatic N) is 1. The fourth-order valence-electron chi connectivity index (χ4n) is 2.41. The fraction of sp³-hybridized carbons (Fsp3) is 0.118. The Morgan fingerprint density at radius 1 is 1.05 bits per heavy atom. The SMILES string of the molecule is Cc1cccc(-c2c(N)n[nH]c2-c2ccc(C)c(Br)c2)c1. The summed E-state index contributed by atoms with van der Waals surface area (Å²) in [5, 5.41) is 7.25. The van der Waals surface area contributed by atoms with Crippen molar-refractivity contribution in [1.29, 1.82) is 0 Å². The molecule has 0 spiro atoms. The summed E-state index contributed by atoms with van der Waals surface area (Å²) in [6.45, 7) is 4.14. The average molecular weight is 342 g/mol. The lowest BCUT2D eigenvalue weighted by Gasteiger charge is -2.07. The van der Waals surface area contributed by atoms with Gasteiger partial charge in [0.15, 0.2) is 5.82 Å². The van der Waals surface area contributed by atoms with Crippen LogP contribution in [-0.4, -0.2) is 10.2 Å². The van der Waals surface area contributed by atoms with Crippen molar-refractivity contribution in [2.75, 3.05) is 5.73 Å². The van der Waals surface area contributed by atoms with E-state index in [0.29, 0.717) is 5.82 Å². The Balaban J connectivity index is 2.19. The standard InChI is InChI=1S/C17H16BrN3/c1-10-4-3-5-12(8-10)15-16(20-21-17(15)19)13-7-6-11(2)14(18)9-13/h3-9H,1-2H3,(H3,19,20,21). The van der Waals surface area contributed by atoms with E-state index in [2.05, 4.69) is 76.4 Å². The maximum Gasteiger partial charge on any atom is 0.153 e. The Kier molecular flexibility index (Phi) is 3.55. The quantitative estimate of drug-likeness (QED) is 0.709. The number of halogens is 1. The number of aromatic nitrogens is 2. The molecule has 0 amide bonds. The first kappa shape index (κ1) is 13.9. The van der Waals surface area contributed by atoms with Crippen molar-refractivity contribution in [3.8, 4) is 22.4 Å². The molecule has 3 rings (SSSR count). The Morgan fingerprint density at radius 3 is 2.57 bits per heavy atom. The zero-order valence-electron chi connectivity index (χ0n) is 11.9. The number of nitrogen functional groups attached to an aromatic ring is 1. The molecular weight excluding hydrogens is 326 g/mol. The van der Waals surface area contributed by atoms with E-state index in [1.54, 1.807) is 0 Å². The van der Waals surface area contributed by atoms with Crippen molar-refractivity contribution in [3.05, 3.63) is 58.1 Å². The van der Waals surface area contributed by atoms with Crippen LogP contribution in [0, 0.1) is 13.8 Å². The Morgan fingerprint density at radius 2 is 1.86 bits per heavy atom. The van der Waals surface area contributed by atoms with E-state index in [-0.39, 0.29) is 0 Å². The summed E-state index contributed by atoms with van der Waals surface area (Å²) in [6, 6.07) is 14.5. The number of aryl methyl sites for hydroxylation is 2. The summed E-state index contributed by atoms with van der Waals surface area (Å²) in [7, 11) is 0. The van der Waals surface area contributed by atoms with Gasteiger partial charge in [0.25, 0.3) is 0 Å². The van der Waals surface area contributed by atoms with Gasteiger partial charge in [-0.2, -0.15) is 5.10 Å². The Hall–Kier alpha value is -2.07. The van der Waals surface area contributed by atoms with Crippen molar-refractivity contribution < 1.29 is 0 Å². The summed E-state index contributed by atoms with van der Waals surface area (Å²) in [5.74, 6) is 0.521. The van der Waals surface area contributed by atoms with Crippen molar-refractivity contribution in [2.45, 2.75) is 13.8 Å². The van der Waals surface area contributed by atoms with Crippen LogP contribution in [0.1, 0.15) is 11.1 Å². The highest BCUT2D eigenvalue weighted by molar-refractivity contribution is 9.10. The molecule has 0 unspecified atom stereocenters. The number of benzene rings is 2. The van der Waals surface area contributed by atoms with Crippen LogP contribution >= 0.6 is 15.9 Å². The molecule has 0 saturated heterocycles. The smallest absolute Gasteiger partial charge is 0.153 e. The summed E-state index contributed by atoms with van der Waals surface area (Å²) in [4.78, 5) is 0. The number of H-pyrrole nitrogens is 1. The third kappa shape index (κ3) is 2.59. The predicted octanol–water partition coefficient (Wildman–Crippen LogP) is 4.71. The molecule has 3 N–H and O–H groups in total. The van der Waals surface area contributed by atoms with Gasteiger partial charge in [0.2, 0.25) is 0 Å². The van der Waals surface area contributed by atoms with Gasteiger partial charge in [-0.3, -0.25) is 5.10 Å². The van der Waals surface area contributed by atoms with Crippen LogP contribution in [0.2, 0.25) is 0 Å². The van der Waals surface area contributed by atoms with E-state index >= 15 is 0 Å². The van der Waals surface area contributed by atoms with Gasteiger partial charge in [-0.25, -0.2) is 0 Å². The van der Waals surface area contributed by atoms with Gasteiger partial charge < -0.3 is 5.73 Å². The van der Waals surface area contributed by atoms with Crippen LogP contribution < -0.4 is 5.73 Å². The van der Waals surface area contributed by atoms with Crippen LogP contribution in [0.5, 0.6) is 0 Å². The third-order valence-electron chi connectivity index (χ3n) is 3.56. The molecular formula is C17H16BrN3. The molecule has 0 aliphatic rings. The first-order valence-electron chi connectivity index (χ1n) is 6.73. The van der Waals surface area contributed by atoms with E-state index in [4.69, 9.17) is 5.73 Å². The molecule has 0 fully saturated rings. The van der Waals surface area contributed by atoms with E-state index in [1.165, 1.54) is 11.1 Å². The predicted molar refractivity (Wildman–Crippen MR) is 91.0 cm³/mol. The highest BCUT2D eigenvalue weighted by atomic mass is 79.9. The summed E-state index contributed by atoms with van der Waals surface area (Å²) >= 11 is 3.58. The summed E-state index contributed by atoms with van der Waals surface area (Å²) < 4.78 is 1.07. The van der Waals surface area contributed by atoms with Crippen LogP contribution in [0.25, 0.3) is 22.4 Å². The van der Waals surface area contributed by atoms with Crippen LogP contribution in [0.4, 0.5) is 5.82 Å². The first-order valence-corrected chi connectivity index (χ1v) is 7.53. The topological polar surface area (TPSA) is 54.7 Å². The molecule has 1 heterocycles. The first-order chi connectivity index (χ1) is 10.1. The van der Waals surface area contributed by atoms with Gasteiger partial charge in [0, 0.05) is 10.0 Å². The second-order valence-corrected chi connectivity index (χ2v) is 6.05. The Labute approximate surface area is 132 Å². The van der Waals surface area contributed by atoms with Gasteiger partial charge in [-0.1, -0.05) is 57.9 Å². The molecule has 0 bridgehead atoms. The van der Waals surface area contributed by atoms with Gasteiger partial charge in [0.1, 0.15) is 0 Å². The molecule has 0 saturated carbocycles. The van der Waals surface area contributed by atoms with Gasteiger partial charge in [-0.15, -0.1) is 0 Å². The largest absolute Gasteiger partial charge is 0.382 e. The summed E-state index contributed by atoms with van der Waals surface area (Å²) in [5.41, 5.74) is 12.5. The lowest BCUT2D eigenvalue weighted by Crippen LogP contribution is -1.89. The molecule has 4 heteroatoms. The van der Waals surface area contributed by atoms with E-state index in [9.17, 15) is 0 Å². The average Bonchev–Trinajstić information content (AvgIpc) is 2.84. The second kappa shape index (κ2) is 5.37. The molecule has 0 radical (unpaired) electrons. The number of rotatable bonds is 2. The molecule has 3 nitrogen and oxygen atoms in total. The molecule has 0 aliphatic carbocycles.